The molecule has 0 aliphatic heterocycles. The predicted molar refractivity (Wildman–Crippen MR) is 132 cm³/mol. The zero-order valence-electron chi connectivity index (χ0n) is 20.5. The topological polar surface area (TPSA) is 42.5 Å². The van der Waals surface area contributed by atoms with Crippen LogP contribution in [0.4, 0.5) is 15.8 Å². The number of benzene rings is 1. The first-order valence-electron chi connectivity index (χ1n) is 13.3. The number of rotatable bonds is 6. The van der Waals surface area contributed by atoms with Crippen molar-refractivity contribution < 1.29 is 9.18 Å². The number of alkyl halides is 1. The fourth-order valence-electron chi connectivity index (χ4n) is 7.91. The van der Waals surface area contributed by atoms with Gasteiger partial charge in [0.25, 0.3) is 0 Å². The Labute approximate surface area is 206 Å². The maximum atomic E-state index is 14.3. The second kappa shape index (κ2) is 6.96. The van der Waals surface area contributed by atoms with Gasteiger partial charge < -0.3 is 4.90 Å². The third-order valence-electron chi connectivity index (χ3n) is 10.3. The van der Waals surface area contributed by atoms with E-state index in [1.54, 1.807) is 6.07 Å². The Morgan fingerprint density at radius 2 is 1.83 bits per heavy atom. The Morgan fingerprint density at radius 1 is 1.14 bits per heavy atom. The first-order chi connectivity index (χ1) is 16.8. The number of aryl methyl sites for hydroxylation is 1. The van der Waals surface area contributed by atoms with Gasteiger partial charge in [0.15, 0.2) is 5.69 Å². The molecule has 35 heavy (non-hydrogen) atoms. The molecular formula is C29H33FN4O. The maximum Gasteiger partial charge on any atom is 0.233 e. The minimum Gasteiger partial charge on any atom is -0.313 e. The van der Waals surface area contributed by atoms with Gasteiger partial charge in [-0.2, -0.15) is 5.10 Å². The first-order valence-corrected chi connectivity index (χ1v) is 13.3. The Kier molecular flexibility index (Phi) is 4.29. The Morgan fingerprint density at radius 3 is 2.43 bits per heavy atom. The first kappa shape index (κ1) is 21.6. The smallest absolute Gasteiger partial charge is 0.233 e. The second-order valence-electron chi connectivity index (χ2n) is 12.6. The molecule has 182 valence electrons. The van der Waals surface area contributed by atoms with E-state index in [-0.39, 0.29) is 16.7 Å². The number of amides is 1. The molecule has 0 radical (unpaired) electrons. The summed E-state index contributed by atoms with van der Waals surface area (Å²) in [5.41, 5.74) is 2.69. The van der Waals surface area contributed by atoms with E-state index in [1.807, 2.05) is 23.1 Å². The number of carbonyl (C=O) groups is 1. The lowest BCUT2D eigenvalue weighted by molar-refractivity contribution is -0.211. The zero-order chi connectivity index (χ0) is 24.1. The Hall–Kier alpha value is -2.68. The van der Waals surface area contributed by atoms with Crippen molar-refractivity contribution in [3.05, 3.63) is 53.1 Å². The van der Waals surface area contributed by atoms with Gasteiger partial charge >= 0.3 is 0 Å². The molecule has 0 spiro atoms. The largest absolute Gasteiger partial charge is 0.313 e. The molecular weight excluding hydrogens is 439 g/mol. The third kappa shape index (κ3) is 3.16. The summed E-state index contributed by atoms with van der Waals surface area (Å²) in [6, 6.07) is 9.82. The van der Waals surface area contributed by atoms with Crippen LogP contribution in [0.5, 0.6) is 0 Å². The van der Waals surface area contributed by atoms with Crippen LogP contribution in [0.25, 0.3) is 4.85 Å². The predicted octanol–water partition coefficient (Wildman–Crippen LogP) is 6.37. The number of hydrogen-bond donors (Lipinski definition) is 0. The van der Waals surface area contributed by atoms with Gasteiger partial charge in [-0.15, -0.1) is 0 Å². The van der Waals surface area contributed by atoms with Gasteiger partial charge in [-0.3, -0.25) is 9.48 Å². The van der Waals surface area contributed by atoms with E-state index in [0.717, 1.165) is 44.2 Å². The van der Waals surface area contributed by atoms with Gasteiger partial charge in [0, 0.05) is 36.3 Å². The van der Waals surface area contributed by atoms with Crippen molar-refractivity contribution in [2.75, 3.05) is 11.4 Å². The highest BCUT2D eigenvalue weighted by Crippen LogP contribution is 2.70. The van der Waals surface area contributed by atoms with E-state index >= 15 is 0 Å². The minimum atomic E-state index is -1.10. The van der Waals surface area contributed by atoms with Crippen molar-refractivity contribution in [3.8, 4) is 0 Å². The molecule has 0 unspecified atom stereocenters. The van der Waals surface area contributed by atoms with Crippen LogP contribution in [0.2, 0.25) is 0 Å². The van der Waals surface area contributed by atoms with Crippen LogP contribution >= 0.6 is 0 Å². The second-order valence-corrected chi connectivity index (χ2v) is 12.6. The van der Waals surface area contributed by atoms with Crippen LogP contribution < -0.4 is 4.90 Å². The summed E-state index contributed by atoms with van der Waals surface area (Å²) in [5.74, 6) is 0.782. The van der Waals surface area contributed by atoms with Crippen molar-refractivity contribution in [1.29, 1.82) is 0 Å². The molecule has 7 aliphatic rings. The number of aromatic nitrogens is 2. The monoisotopic (exact) mass is 472 g/mol. The van der Waals surface area contributed by atoms with Crippen LogP contribution in [-0.2, 0) is 17.3 Å². The van der Waals surface area contributed by atoms with E-state index < -0.39 is 11.1 Å². The lowest BCUT2D eigenvalue weighted by Crippen LogP contribution is -2.71. The van der Waals surface area contributed by atoms with Crippen LogP contribution in [-0.4, -0.2) is 27.9 Å². The lowest BCUT2D eigenvalue weighted by atomic mass is 9.41. The summed E-state index contributed by atoms with van der Waals surface area (Å²) in [6.45, 7) is 8.12. The fourth-order valence-corrected chi connectivity index (χ4v) is 7.91. The van der Waals surface area contributed by atoms with Crippen LogP contribution in [0.1, 0.15) is 87.9 Å². The Balaban J connectivity index is 1.14. The fraction of sp³-hybridized carbons (Fsp3) is 0.621. The molecule has 1 aromatic heterocycles. The van der Waals surface area contributed by atoms with Crippen molar-refractivity contribution in [2.24, 2.45) is 17.9 Å². The third-order valence-corrected chi connectivity index (χ3v) is 10.3. The summed E-state index contributed by atoms with van der Waals surface area (Å²) >= 11 is 0. The van der Waals surface area contributed by atoms with Gasteiger partial charge in [0.05, 0.1) is 17.7 Å². The van der Waals surface area contributed by atoms with Gasteiger partial charge in [0.2, 0.25) is 5.91 Å². The van der Waals surface area contributed by atoms with E-state index in [9.17, 15) is 9.18 Å². The molecule has 7 saturated carbocycles. The summed E-state index contributed by atoms with van der Waals surface area (Å²) in [5, 5.41) is 4.99. The quantitative estimate of drug-likeness (QED) is 0.459. The number of nitrogens with zero attached hydrogens (tertiary/aromatic N) is 4. The molecule has 0 atom stereocenters. The van der Waals surface area contributed by atoms with E-state index in [1.165, 1.54) is 24.2 Å². The summed E-state index contributed by atoms with van der Waals surface area (Å²) < 4.78 is 16.5. The molecule has 2 aromatic rings. The molecule has 7 fully saturated rings. The number of carbonyl (C=O) groups excluding carboxylic acids is 1. The summed E-state index contributed by atoms with van der Waals surface area (Å²) in [6.07, 6.45) is 10.3. The minimum absolute atomic E-state index is 0.0785. The molecule has 4 bridgehead atoms. The number of anilines is 1. The zero-order valence-corrected chi connectivity index (χ0v) is 20.5. The Bertz CT molecular complexity index is 1220. The molecule has 1 aromatic carbocycles. The molecule has 6 heteroatoms. The molecule has 0 saturated heterocycles. The number of fused-ring (bicyclic) bond motifs is 3. The van der Waals surface area contributed by atoms with Crippen LogP contribution in [0, 0.1) is 17.4 Å². The molecule has 1 heterocycles. The van der Waals surface area contributed by atoms with Gasteiger partial charge in [-0.05, 0) is 94.2 Å². The average Bonchev–Trinajstić information content (AvgIpc) is 3.61. The van der Waals surface area contributed by atoms with Gasteiger partial charge in [0.1, 0.15) is 5.67 Å². The summed E-state index contributed by atoms with van der Waals surface area (Å²) in [4.78, 5) is 19.4. The van der Waals surface area contributed by atoms with E-state index in [0.29, 0.717) is 37.4 Å². The van der Waals surface area contributed by atoms with Gasteiger partial charge in [-0.1, -0.05) is 12.1 Å². The SMILES string of the molecule is [C-]#[N+]c1cccc(N(CC23CCC(c4cc(C5CC5)n(C)n4)(CC2)CC3)C(=O)C23CC(F)(C2)C3)c1. The highest BCUT2D eigenvalue weighted by Gasteiger charge is 2.73. The highest BCUT2D eigenvalue weighted by molar-refractivity contribution is 6.00. The normalized spacial score (nSPS) is 36.7. The van der Waals surface area contributed by atoms with Crippen LogP contribution in [0.15, 0.2) is 30.3 Å². The van der Waals surface area contributed by atoms with E-state index in [4.69, 9.17) is 11.7 Å². The van der Waals surface area contributed by atoms with Crippen molar-refractivity contribution in [2.45, 2.75) is 87.6 Å². The standard InChI is InChI=1S/C29H33FN4O/c1-31-21-4-3-5-22(14-21)34(25(35)28-16-29(30,17-28)18-28)19-26-8-11-27(12-9-26,13-10-26)24-15-23(20-6-7-20)33(2)32-24/h3-5,14-15,20H,6-13,16-19H2,2H3. The van der Waals surface area contributed by atoms with Gasteiger partial charge in [-0.25, -0.2) is 9.24 Å². The molecule has 1 amide bonds. The van der Waals surface area contributed by atoms with Crippen molar-refractivity contribution in [1.82, 2.24) is 9.78 Å². The van der Waals surface area contributed by atoms with Crippen LogP contribution in [0.3, 0.4) is 0 Å². The highest BCUT2D eigenvalue weighted by atomic mass is 19.1. The lowest BCUT2D eigenvalue weighted by Gasteiger charge is -2.65. The van der Waals surface area contributed by atoms with Crippen molar-refractivity contribution >= 4 is 17.3 Å². The molecule has 9 rings (SSSR count). The summed E-state index contributed by atoms with van der Waals surface area (Å²) in [7, 11) is 2.09. The maximum absolute atomic E-state index is 14.3. The molecule has 0 N–H and O–H groups in total. The van der Waals surface area contributed by atoms with E-state index in [2.05, 4.69) is 22.6 Å². The number of hydrogen-bond acceptors (Lipinski definition) is 2. The van der Waals surface area contributed by atoms with Crippen molar-refractivity contribution in [3.63, 3.8) is 0 Å². The number of halogens is 1. The molecule has 7 aliphatic carbocycles. The average molecular weight is 473 g/mol. The molecule has 5 nitrogen and oxygen atoms in total.